The maximum Gasteiger partial charge on any atom is 0.130 e. The molecule has 2 aromatic carbocycles. The summed E-state index contributed by atoms with van der Waals surface area (Å²) in [5.41, 5.74) is 5.78. The summed E-state index contributed by atoms with van der Waals surface area (Å²) in [5, 5.41) is 12.0. The van der Waals surface area contributed by atoms with Gasteiger partial charge in [-0.2, -0.15) is 0 Å². The molecule has 32 heavy (non-hydrogen) atoms. The normalized spacial score (nSPS) is 12.4. The molecule has 0 bridgehead atoms. The lowest BCUT2D eigenvalue weighted by Crippen LogP contribution is -2.32. The van der Waals surface area contributed by atoms with E-state index in [-0.39, 0.29) is 0 Å². The topological polar surface area (TPSA) is 50.5 Å². The van der Waals surface area contributed by atoms with Gasteiger partial charge in [0.05, 0.1) is 18.3 Å². The van der Waals surface area contributed by atoms with E-state index in [1.54, 1.807) is 6.20 Å². The van der Waals surface area contributed by atoms with Crippen molar-refractivity contribution in [1.29, 1.82) is 0 Å². The van der Waals surface area contributed by atoms with E-state index in [2.05, 4.69) is 64.7 Å². The number of aryl methyl sites for hydroxylation is 1. The Hall–Kier alpha value is -3.15. The van der Waals surface area contributed by atoms with Crippen molar-refractivity contribution in [2.45, 2.75) is 39.6 Å². The molecule has 166 valence electrons. The van der Waals surface area contributed by atoms with Crippen LogP contribution < -0.4 is 4.74 Å². The number of nitrogens with zero attached hydrogens (tertiary/aromatic N) is 3. The summed E-state index contributed by atoms with van der Waals surface area (Å²) >= 11 is 0. The van der Waals surface area contributed by atoms with Crippen LogP contribution in [0.1, 0.15) is 22.5 Å². The highest BCUT2D eigenvalue weighted by atomic mass is 16.5. The number of aliphatic hydroxyl groups is 1. The summed E-state index contributed by atoms with van der Waals surface area (Å²) in [6, 6.07) is 22.3. The summed E-state index contributed by atoms with van der Waals surface area (Å²) in [7, 11) is 2.04. The van der Waals surface area contributed by atoms with Crippen LogP contribution >= 0.6 is 0 Å². The standard InChI is InChI=1S/C27H31N3O2/c1-20-21(2)30(27-10-5-4-9-26(20)27)18-24(31)17-29(3)16-22-11-13-25(14-12-22)32-19-23-8-6-7-15-28-23/h4-15,24,31H,16-19H2,1-3H3/t24-/m1/s1. The van der Waals surface area contributed by atoms with Crippen LogP contribution in [0.2, 0.25) is 0 Å². The van der Waals surface area contributed by atoms with Crippen molar-refractivity contribution in [3.05, 3.63) is 95.4 Å². The van der Waals surface area contributed by atoms with Crippen molar-refractivity contribution in [3.8, 4) is 5.75 Å². The summed E-state index contributed by atoms with van der Waals surface area (Å²) in [4.78, 5) is 6.43. The molecule has 0 radical (unpaired) electrons. The van der Waals surface area contributed by atoms with Gasteiger partial charge in [0, 0.05) is 35.9 Å². The maximum atomic E-state index is 10.8. The molecule has 1 N–H and O–H groups in total. The van der Waals surface area contributed by atoms with E-state index in [1.807, 2.05) is 37.4 Å². The Morgan fingerprint density at radius 1 is 1.00 bits per heavy atom. The van der Waals surface area contributed by atoms with Crippen LogP contribution in [0.4, 0.5) is 0 Å². The number of para-hydroxylation sites is 1. The number of aliphatic hydroxyl groups excluding tert-OH is 1. The van der Waals surface area contributed by atoms with Crippen LogP contribution in [-0.2, 0) is 19.7 Å². The van der Waals surface area contributed by atoms with Crippen molar-refractivity contribution in [2.75, 3.05) is 13.6 Å². The zero-order chi connectivity index (χ0) is 22.5. The lowest BCUT2D eigenvalue weighted by atomic mass is 10.2. The number of aromatic nitrogens is 2. The SMILES string of the molecule is Cc1c(C)n(C[C@H](O)CN(C)Cc2ccc(OCc3ccccn3)cc2)c2ccccc12. The largest absolute Gasteiger partial charge is 0.487 e. The highest BCUT2D eigenvalue weighted by molar-refractivity contribution is 5.85. The number of rotatable bonds is 9. The van der Waals surface area contributed by atoms with Gasteiger partial charge in [0.1, 0.15) is 12.4 Å². The number of benzene rings is 2. The summed E-state index contributed by atoms with van der Waals surface area (Å²) in [6.07, 6.45) is 1.32. The molecule has 0 saturated heterocycles. The molecule has 5 heteroatoms. The molecule has 1 atom stereocenters. The lowest BCUT2D eigenvalue weighted by molar-refractivity contribution is 0.108. The van der Waals surface area contributed by atoms with Crippen LogP contribution in [0.25, 0.3) is 10.9 Å². The smallest absolute Gasteiger partial charge is 0.130 e. The van der Waals surface area contributed by atoms with E-state index in [0.29, 0.717) is 19.7 Å². The van der Waals surface area contributed by atoms with E-state index >= 15 is 0 Å². The second kappa shape index (κ2) is 9.98. The quantitative estimate of drug-likeness (QED) is 0.418. The fraction of sp³-hybridized carbons (Fsp3) is 0.296. The van der Waals surface area contributed by atoms with Crippen molar-refractivity contribution >= 4 is 10.9 Å². The Morgan fingerprint density at radius 2 is 1.75 bits per heavy atom. The maximum absolute atomic E-state index is 10.8. The average Bonchev–Trinajstić information content (AvgIpc) is 3.04. The monoisotopic (exact) mass is 429 g/mol. The summed E-state index contributed by atoms with van der Waals surface area (Å²) in [6.45, 7) is 6.69. The Balaban J connectivity index is 1.31. The number of hydrogen-bond donors (Lipinski definition) is 1. The molecule has 2 aromatic heterocycles. The fourth-order valence-corrected chi connectivity index (χ4v) is 4.18. The molecule has 0 fully saturated rings. The van der Waals surface area contributed by atoms with Gasteiger partial charge in [-0.05, 0) is 62.4 Å². The van der Waals surface area contributed by atoms with Gasteiger partial charge in [-0.15, -0.1) is 0 Å². The predicted octanol–water partition coefficient (Wildman–Crippen LogP) is 4.73. The van der Waals surface area contributed by atoms with E-state index in [9.17, 15) is 5.11 Å². The Bertz CT molecular complexity index is 1150. The Kier molecular flexibility index (Phi) is 6.88. The van der Waals surface area contributed by atoms with E-state index < -0.39 is 6.10 Å². The third kappa shape index (κ3) is 5.18. The molecule has 0 amide bonds. The number of ether oxygens (including phenoxy) is 1. The fourth-order valence-electron chi connectivity index (χ4n) is 4.18. The number of likely N-dealkylation sites (N-methyl/N-ethyl adjacent to an activating group) is 1. The van der Waals surface area contributed by atoms with Crippen molar-refractivity contribution in [3.63, 3.8) is 0 Å². The van der Waals surface area contributed by atoms with Crippen molar-refractivity contribution in [1.82, 2.24) is 14.5 Å². The summed E-state index contributed by atoms with van der Waals surface area (Å²) < 4.78 is 8.05. The lowest BCUT2D eigenvalue weighted by Gasteiger charge is -2.22. The molecule has 0 spiro atoms. The second-order valence-electron chi connectivity index (χ2n) is 8.44. The third-order valence-electron chi connectivity index (χ3n) is 5.95. The summed E-state index contributed by atoms with van der Waals surface area (Å²) in [5.74, 6) is 0.826. The highest BCUT2D eigenvalue weighted by Crippen LogP contribution is 2.25. The van der Waals surface area contributed by atoms with Crippen LogP contribution in [-0.4, -0.2) is 39.3 Å². The molecule has 4 aromatic rings. The van der Waals surface area contributed by atoms with Gasteiger partial charge in [0.15, 0.2) is 0 Å². The van der Waals surface area contributed by atoms with Gasteiger partial charge < -0.3 is 14.4 Å². The van der Waals surface area contributed by atoms with Crippen molar-refractivity contribution < 1.29 is 9.84 Å². The average molecular weight is 430 g/mol. The van der Waals surface area contributed by atoms with Gasteiger partial charge in [0.2, 0.25) is 0 Å². The molecule has 5 nitrogen and oxygen atoms in total. The van der Waals surface area contributed by atoms with Crippen LogP contribution in [0.15, 0.2) is 72.9 Å². The van der Waals surface area contributed by atoms with E-state index in [0.717, 1.165) is 18.0 Å². The second-order valence-corrected chi connectivity index (χ2v) is 8.44. The molecule has 4 rings (SSSR count). The van der Waals surface area contributed by atoms with Gasteiger partial charge in [-0.3, -0.25) is 9.88 Å². The molecule has 0 aliphatic carbocycles. The van der Waals surface area contributed by atoms with Crippen LogP contribution in [0.3, 0.4) is 0 Å². The first-order valence-electron chi connectivity index (χ1n) is 11.0. The van der Waals surface area contributed by atoms with Gasteiger partial charge in [-0.25, -0.2) is 0 Å². The molecule has 0 saturated carbocycles. The molecular formula is C27H31N3O2. The number of fused-ring (bicyclic) bond motifs is 1. The molecule has 0 aliphatic heterocycles. The first kappa shape index (κ1) is 22.1. The molecule has 0 unspecified atom stereocenters. The Morgan fingerprint density at radius 3 is 2.50 bits per heavy atom. The van der Waals surface area contributed by atoms with Crippen LogP contribution in [0, 0.1) is 13.8 Å². The van der Waals surface area contributed by atoms with E-state index in [4.69, 9.17) is 4.74 Å². The molecular weight excluding hydrogens is 398 g/mol. The molecule has 0 aliphatic rings. The Labute approximate surface area is 189 Å². The first-order chi connectivity index (χ1) is 15.5. The third-order valence-corrected chi connectivity index (χ3v) is 5.95. The number of hydrogen-bond acceptors (Lipinski definition) is 4. The zero-order valence-corrected chi connectivity index (χ0v) is 19.0. The van der Waals surface area contributed by atoms with Crippen LogP contribution in [0.5, 0.6) is 5.75 Å². The minimum absolute atomic E-state index is 0.449. The minimum atomic E-state index is -0.449. The first-order valence-corrected chi connectivity index (χ1v) is 11.0. The number of pyridine rings is 1. The highest BCUT2D eigenvalue weighted by Gasteiger charge is 2.15. The molecule has 2 heterocycles. The minimum Gasteiger partial charge on any atom is -0.487 e. The zero-order valence-electron chi connectivity index (χ0n) is 19.0. The van der Waals surface area contributed by atoms with E-state index in [1.165, 1.54) is 27.7 Å². The van der Waals surface area contributed by atoms with Crippen molar-refractivity contribution in [2.24, 2.45) is 0 Å². The van der Waals surface area contributed by atoms with Gasteiger partial charge in [-0.1, -0.05) is 36.4 Å². The van der Waals surface area contributed by atoms with Gasteiger partial charge in [0.25, 0.3) is 0 Å². The predicted molar refractivity (Wildman–Crippen MR) is 129 cm³/mol. The van der Waals surface area contributed by atoms with Gasteiger partial charge >= 0.3 is 0 Å².